The minimum atomic E-state index is -0.808. The van der Waals surface area contributed by atoms with E-state index in [1.165, 1.54) is 12.3 Å². The fourth-order valence-electron chi connectivity index (χ4n) is 1.68. The van der Waals surface area contributed by atoms with E-state index in [4.69, 9.17) is 4.42 Å². The summed E-state index contributed by atoms with van der Waals surface area (Å²) in [5, 5.41) is 5.09. The molecule has 0 unspecified atom stereocenters. The van der Waals surface area contributed by atoms with E-state index in [1.54, 1.807) is 12.1 Å². The van der Waals surface area contributed by atoms with Gasteiger partial charge in [0.25, 0.3) is 0 Å². The zero-order valence-corrected chi connectivity index (χ0v) is 10.8. The molecule has 0 saturated carbocycles. The maximum absolute atomic E-state index is 13.3. The Morgan fingerprint density at radius 1 is 1.25 bits per heavy atom. The van der Waals surface area contributed by atoms with Crippen molar-refractivity contribution in [2.45, 2.75) is 13.0 Å². The number of anilines is 1. The normalized spacial score (nSPS) is 12.2. The topological polar surface area (TPSA) is 54.3 Å². The van der Waals surface area contributed by atoms with Crippen LogP contribution in [0.25, 0.3) is 0 Å². The third-order valence-electron chi connectivity index (χ3n) is 2.77. The molecule has 2 rings (SSSR count). The van der Waals surface area contributed by atoms with Crippen LogP contribution in [-0.4, -0.2) is 12.5 Å². The number of rotatable bonds is 5. The lowest BCUT2D eigenvalue weighted by atomic mass is 10.2. The summed E-state index contributed by atoms with van der Waals surface area (Å²) < 4.78 is 31.9. The van der Waals surface area contributed by atoms with Gasteiger partial charge in [0, 0.05) is 0 Å². The van der Waals surface area contributed by atoms with Gasteiger partial charge in [0.05, 0.1) is 18.8 Å². The van der Waals surface area contributed by atoms with Gasteiger partial charge in [0.2, 0.25) is 5.91 Å². The lowest BCUT2D eigenvalue weighted by Crippen LogP contribution is -2.30. The fourth-order valence-corrected chi connectivity index (χ4v) is 1.68. The van der Waals surface area contributed by atoms with Gasteiger partial charge in [-0.05, 0) is 31.2 Å². The van der Waals surface area contributed by atoms with Crippen LogP contribution in [-0.2, 0) is 4.79 Å². The van der Waals surface area contributed by atoms with Crippen molar-refractivity contribution in [2.24, 2.45) is 0 Å². The van der Waals surface area contributed by atoms with E-state index < -0.39 is 23.2 Å². The molecule has 0 aliphatic carbocycles. The average Bonchev–Trinajstić information content (AvgIpc) is 2.94. The molecular weight excluding hydrogens is 266 g/mol. The number of furan rings is 1. The smallest absolute Gasteiger partial charge is 0.238 e. The lowest BCUT2D eigenvalue weighted by molar-refractivity contribution is -0.115. The van der Waals surface area contributed by atoms with Gasteiger partial charge < -0.3 is 9.73 Å². The highest BCUT2D eigenvalue weighted by molar-refractivity contribution is 5.92. The van der Waals surface area contributed by atoms with Crippen LogP contribution >= 0.6 is 0 Å². The molecule has 0 bridgehead atoms. The summed E-state index contributed by atoms with van der Waals surface area (Å²) in [4.78, 5) is 11.7. The van der Waals surface area contributed by atoms with E-state index in [9.17, 15) is 13.6 Å². The number of carbonyl (C=O) groups excluding carboxylic acids is 1. The number of nitrogens with one attached hydrogen (secondary N) is 2. The molecule has 1 amide bonds. The highest BCUT2D eigenvalue weighted by Crippen LogP contribution is 2.17. The van der Waals surface area contributed by atoms with E-state index in [2.05, 4.69) is 10.6 Å². The van der Waals surface area contributed by atoms with E-state index >= 15 is 0 Å². The van der Waals surface area contributed by atoms with Crippen LogP contribution in [0.2, 0.25) is 0 Å². The number of benzene rings is 1. The van der Waals surface area contributed by atoms with Crippen LogP contribution in [0, 0.1) is 11.6 Å². The Hall–Kier alpha value is -2.21. The summed E-state index contributed by atoms with van der Waals surface area (Å²) in [6.45, 7) is 1.73. The van der Waals surface area contributed by atoms with E-state index in [0.717, 1.165) is 12.1 Å². The van der Waals surface area contributed by atoms with Crippen LogP contribution in [0.4, 0.5) is 14.5 Å². The molecule has 1 heterocycles. The summed E-state index contributed by atoms with van der Waals surface area (Å²) in [6, 6.07) is 6.72. The average molecular weight is 280 g/mol. The number of halogens is 2. The quantitative estimate of drug-likeness (QED) is 0.885. The molecule has 6 heteroatoms. The van der Waals surface area contributed by atoms with Crippen molar-refractivity contribution in [1.29, 1.82) is 0 Å². The summed E-state index contributed by atoms with van der Waals surface area (Å²) in [7, 11) is 0. The lowest BCUT2D eigenvalue weighted by Gasteiger charge is -2.12. The van der Waals surface area contributed by atoms with Crippen molar-refractivity contribution in [3.05, 3.63) is 54.0 Å². The van der Waals surface area contributed by atoms with Gasteiger partial charge in [0.15, 0.2) is 0 Å². The van der Waals surface area contributed by atoms with Crippen LogP contribution in [0.15, 0.2) is 41.0 Å². The molecule has 0 saturated heterocycles. The maximum atomic E-state index is 13.3. The largest absolute Gasteiger partial charge is 0.468 e. The van der Waals surface area contributed by atoms with E-state index in [-0.39, 0.29) is 12.6 Å². The second-order valence-electron chi connectivity index (χ2n) is 4.26. The molecule has 2 aromatic rings. The third-order valence-corrected chi connectivity index (χ3v) is 2.77. The predicted octanol–water partition coefficient (Wildman–Crippen LogP) is 2.85. The van der Waals surface area contributed by atoms with Gasteiger partial charge in [-0.25, -0.2) is 8.78 Å². The van der Waals surface area contributed by atoms with Gasteiger partial charge >= 0.3 is 0 Å². The zero-order chi connectivity index (χ0) is 14.5. The molecule has 20 heavy (non-hydrogen) atoms. The first-order valence-electron chi connectivity index (χ1n) is 6.08. The molecule has 4 nitrogen and oxygen atoms in total. The second kappa shape index (κ2) is 6.29. The number of hydrogen-bond donors (Lipinski definition) is 2. The first kappa shape index (κ1) is 14.2. The Morgan fingerprint density at radius 2 is 1.95 bits per heavy atom. The van der Waals surface area contributed by atoms with Crippen molar-refractivity contribution >= 4 is 11.6 Å². The van der Waals surface area contributed by atoms with Crippen LogP contribution in [0.5, 0.6) is 0 Å². The molecule has 2 N–H and O–H groups in total. The summed E-state index contributed by atoms with van der Waals surface area (Å²) in [5.74, 6) is -1.47. The maximum Gasteiger partial charge on any atom is 0.238 e. The number of amides is 1. The predicted molar refractivity (Wildman–Crippen MR) is 70.1 cm³/mol. The number of hydrogen-bond acceptors (Lipinski definition) is 3. The van der Waals surface area contributed by atoms with Gasteiger partial charge in [0.1, 0.15) is 23.1 Å². The van der Waals surface area contributed by atoms with Gasteiger partial charge in [-0.3, -0.25) is 10.1 Å². The molecule has 0 spiro atoms. The molecule has 106 valence electrons. The molecule has 1 atom stereocenters. The minimum absolute atomic E-state index is 0.0877. The van der Waals surface area contributed by atoms with E-state index in [0.29, 0.717) is 5.76 Å². The van der Waals surface area contributed by atoms with Crippen molar-refractivity contribution < 1.29 is 18.0 Å². The summed E-state index contributed by atoms with van der Waals surface area (Å²) in [6.07, 6.45) is 1.53. The van der Waals surface area contributed by atoms with Gasteiger partial charge in [-0.2, -0.15) is 0 Å². The number of para-hydroxylation sites is 1. The third kappa shape index (κ3) is 3.42. The Labute approximate surface area is 114 Å². The van der Waals surface area contributed by atoms with Crippen molar-refractivity contribution in [1.82, 2.24) is 5.32 Å². The first-order chi connectivity index (χ1) is 9.58. The Balaban J connectivity index is 1.90. The highest BCUT2D eigenvalue weighted by Gasteiger charge is 2.13. The molecule has 0 aliphatic rings. The molecule has 0 aliphatic heterocycles. The Morgan fingerprint density at radius 3 is 2.55 bits per heavy atom. The molecule has 0 fully saturated rings. The fraction of sp³-hybridized carbons (Fsp3) is 0.214. The summed E-state index contributed by atoms with van der Waals surface area (Å²) >= 11 is 0. The second-order valence-corrected chi connectivity index (χ2v) is 4.26. The zero-order valence-electron chi connectivity index (χ0n) is 10.8. The van der Waals surface area contributed by atoms with Crippen molar-refractivity contribution in [2.75, 3.05) is 11.9 Å². The van der Waals surface area contributed by atoms with Crippen molar-refractivity contribution in [3.63, 3.8) is 0 Å². The number of carbonyl (C=O) groups is 1. The first-order valence-corrected chi connectivity index (χ1v) is 6.08. The van der Waals surface area contributed by atoms with Crippen LogP contribution in [0.3, 0.4) is 0 Å². The SMILES string of the molecule is C[C@H](NCC(=O)Nc1c(F)cccc1F)c1ccco1. The van der Waals surface area contributed by atoms with E-state index in [1.807, 2.05) is 6.92 Å². The Kier molecular flexibility index (Phi) is 4.47. The van der Waals surface area contributed by atoms with Crippen LogP contribution < -0.4 is 10.6 Å². The molecular formula is C14H14F2N2O2. The van der Waals surface area contributed by atoms with Gasteiger partial charge in [-0.1, -0.05) is 6.07 Å². The van der Waals surface area contributed by atoms with Crippen molar-refractivity contribution in [3.8, 4) is 0 Å². The van der Waals surface area contributed by atoms with Crippen LogP contribution in [0.1, 0.15) is 18.7 Å². The monoisotopic (exact) mass is 280 g/mol. The standard InChI is InChI=1S/C14H14F2N2O2/c1-9(12-6-3-7-20-12)17-8-13(19)18-14-10(15)4-2-5-11(14)16/h2-7,9,17H,8H2,1H3,(H,18,19)/t9-/m0/s1. The molecule has 0 radical (unpaired) electrons. The summed E-state index contributed by atoms with van der Waals surface area (Å²) in [5.41, 5.74) is -0.440. The molecule has 1 aromatic carbocycles. The minimum Gasteiger partial charge on any atom is -0.468 e. The highest BCUT2D eigenvalue weighted by atomic mass is 19.1. The molecule has 1 aromatic heterocycles. The Bertz CT molecular complexity index is 565. The van der Waals surface area contributed by atoms with Gasteiger partial charge in [-0.15, -0.1) is 0 Å².